The number of nitrogens with one attached hydrogen (secondary N) is 1. The molecule has 7 nitrogen and oxygen atoms in total. The number of nitriles is 1. The number of anilines is 2. The Morgan fingerprint density at radius 2 is 2.12 bits per heavy atom. The number of nitrogens with two attached hydrogens (primary N) is 1. The Labute approximate surface area is 139 Å². The van der Waals surface area contributed by atoms with Crippen molar-refractivity contribution in [2.75, 3.05) is 5.32 Å². The standard InChI is InChI=1S/C17H17N5O2/c18-9-11-6-7-13(23)8-15(11)22-10-14(16(19)24)17(21-22)20-12-4-2-1-3-5-12/h1-5,10-11,15H,6-8H2,(H2,19,24)(H,20,21). The van der Waals surface area contributed by atoms with E-state index in [1.807, 2.05) is 30.3 Å². The van der Waals surface area contributed by atoms with Crippen molar-refractivity contribution in [3.05, 3.63) is 42.1 Å². The van der Waals surface area contributed by atoms with Gasteiger partial charge in [-0.2, -0.15) is 10.4 Å². The van der Waals surface area contributed by atoms with Gasteiger partial charge in [-0.1, -0.05) is 18.2 Å². The maximum Gasteiger partial charge on any atom is 0.254 e. The lowest BCUT2D eigenvalue weighted by Crippen LogP contribution is -2.27. The smallest absolute Gasteiger partial charge is 0.254 e. The molecule has 1 amide bonds. The van der Waals surface area contributed by atoms with Gasteiger partial charge < -0.3 is 11.1 Å². The SMILES string of the molecule is N#CC1CCC(=O)CC1n1cc(C(N)=O)c(Nc2ccccc2)n1. The van der Waals surface area contributed by atoms with Crippen LogP contribution in [0.15, 0.2) is 36.5 Å². The molecule has 2 atom stereocenters. The van der Waals surface area contributed by atoms with Gasteiger partial charge in [-0.3, -0.25) is 14.3 Å². The van der Waals surface area contributed by atoms with Crippen molar-refractivity contribution in [2.24, 2.45) is 11.7 Å². The molecule has 1 aromatic carbocycles. The van der Waals surface area contributed by atoms with Gasteiger partial charge >= 0.3 is 0 Å². The summed E-state index contributed by atoms with van der Waals surface area (Å²) >= 11 is 0. The lowest BCUT2D eigenvalue weighted by atomic mass is 9.85. The highest BCUT2D eigenvalue weighted by Gasteiger charge is 2.32. The van der Waals surface area contributed by atoms with Crippen molar-refractivity contribution in [1.82, 2.24) is 9.78 Å². The summed E-state index contributed by atoms with van der Waals surface area (Å²) in [5.74, 6) is -0.508. The van der Waals surface area contributed by atoms with Crippen LogP contribution in [0.4, 0.5) is 11.5 Å². The molecule has 1 aliphatic rings. The zero-order chi connectivity index (χ0) is 17.1. The normalized spacial score (nSPS) is 20.4. The Morgan fingerprint density at radius 3 is 2.79 bits per heavy atom. The van der Waals surface area contributed by atoms with E-state index in [1.165, 1.54) is 10.9 Å². The molecule has 0 spiro atoms. The molecule has 2 aromatic rings. The molecule has 1 fully saturated rings. The minimum atomic E-state index is -0.615. The van der Waals surface area contributed by atoms with E-state index in [2.05, 4.69) is 16.5 Å². The van der Waals surface area contributed by atoms with Gasteiger partial charge in [0.25, 0.3) is 5.91 Å². The van der Waals surface area contributed by atoms with Gasteiger partial charge in [0.1, 0.15) is 11.3 Å². The second-order valence-corrected chi connectivity index (χ2v) is 5.81. The van der Waals surface area contributed by atoms with Crippen LogP contribution in [0.2, 0.25) is 0 Å². The van der Waals surface area contributed by atoms with Crippen molar-refractivity contribution in [2.45, 2.75) is 25.3 Å². The Bertz CT molecular complexity index is 806. The number of hydrogen-bond acceptors (Lipinski definition) is 5. The van der Waals surface area contributed by atoms with Crippen molar-refractivity contribution in [1.29, 1.82) is 5.26 Å². The van der Waals surface area contributed by atoms with Crippen molar-refractivity contribution in [3.63, 3.8) is 0 Å². The number of rotatable bonds is 4. The van der Waals surface area contributed by atoms with Crippen LogP contribution in [-0.2, 0) is 4.79 Å². The minimum absolute atomic E-state index is 0.0974. The first kappa shape index (κ1) is 15.7. The van der Waals surface area contributed by atoms with Crippen LogP contribution >= 0.6 is 0 Å². The Balaban J connectivity index is 1.95. The molecule has 1 saturated carbocycles. The lowest BCUT2D eigenvalue weighted by molar-refractivity contribution is -0.122. The fourth-order valence-electron chi connectivity index (χ4n) is 2.91. The number of Topliss-reactive ketones (excluding diaryl/α,β-unsaturated/α-hetero) is 1. The third-order valence-corrected chi connectivity index (χ3v) is 4.18. The van der Waals surface area contributed by atoms with E-state index in [0.29, 0.717) is 18.7 Å². The maximum absolute atomic E-state index is 11.8. The average molecular weight is 323 g/mol. The molecule has 0 bridgehead atoms. The number of amides is 1. The number of primary amides is 1. The summed E-state index contributed by atoms with van der Waals surface area (Å²) in [7, 11) is 0. The minimum Gasteiger partial charge on any atom is -0.365 e. The van der Waals surface area contributed by atoms with Crippen LogP contribution < -0.4 is 11.1 Å². The molecule has 0 aliphatic heterocycles. The Morgan fingerprint density at radius 1 is 1.38 bits per heavy atom. The van der Waals surface area contributed by atoms with E-state index in [4.69, 9.17) is 5.73 Å². The molecular formula is C17H17N5O2. The van der Waals surface area contributed by atoms with E-state index in [0.717, 1.165) is 5.69 Å². The summed E-state index contributed by atoms with van der Waals surface area (Å²) in [5.41, 5.74) is 6.44. The zero-order valence-electron chi connectivity index (χ0n) is 13.0. The molecule has 1 aliphatic carbocycles. The van der Waals surface area contributed by atoms with E-state index in [1.54, 1.807) is 0 Å². The van der Waals surface area contributed by atoms with Crippen molar-refractivity contribution < 1.29 is 9.59 Å². The Kier molecular flexibility index (Phi) is 4.29. The highest BCUT2D eigenvalue weighted by molar-refractivity contribution is 5.98. The summed E-state index contributed by atoms with van der Waals surface area (Å²) in [6, 6.07) is 11.1. The molecule has 0 saturated heterocycles. The molecule has 1 aromatic heterocycles. The lowest BCUT2D eigenvalue weighted by Gasteiger charge is -2.26. The van der Waals surface area contributed by atoms with Crippen LogP contribution in [0.25, 0.3) is 0 Å². The van der Waals surface area contributed by atoms with Crippen LogP contribution in [0.5, 0.6) is 0 Å². The molecule has 0 radical (unpaired) electrons. The number of nitrogens with zero attached hydrogens (tertiary/aromatic N) is 3. The molecule has 3 rings (SSSR count). The van der Waals surface area contributed by atoms with Gasteiger partial charge in [0, 0.05) is 24.7 Å². The molecule has 3 N–H and O–H groups in total. The van der Waals surface area contributed by atoms with Crippen LogP contribution in [0, 0.1) is 17.2 Å². The second-order valence-electron chi connectivity index (χ2n) is 5.81. The van der Waals surface area contributed by atoms with Gasteiger partial charge in [-0.15, -0.1) is 0 Å². The maximum atomic E-state index is 11.8. The van der Waals surface area contributed by atoms with Gasteiger partial charge in [0.15, 0.2) is 5.82 Å². The summed E-state index contributed by atoms with van der Waals surface area (Å²) in [6.45, 7) is 0. The largest absolute Gasteiger partial charge is 0.365 e. The summed E-state index contributed by atoms with van der Waals surface area (Å²) in [5, 5.41) is 16.8. The van der Waals surface area contributed by atoms with Crippen LogP contribution in [0.3, 0.4) is 0 Å². The van der Waals surface area contributed by atoms with E-state index >= 15 is 0 Å². The fraction of sp³-hybridized carbons (Fsp3) is 0.294. The summed E-state index contributed by atoms with van der Waals surface area (Å²) in [4.78, 5) is 23.5. The molecule has 1 heterocycles. The van der Waals surface area contributed by atoms with Crippen molar-refractivity contribution in [3.8, 4) is 6.07 Å². The highest BCUT2D eigenvalue weighted by atomic mass is 16.1. The number of benzene rings is 1. The predicted molar refractivity (Wildman–Crippen MR) is 87.5 cm³/mol. The average Bonchev–Trinajstić information content (AvgIpc) is 2.99. The van der Waals surface area contributed by atoms with E-state index in [9.17, 15) is 14.9 Å². The first-order valence-corrected chi connectivity index (χ1v) is 7.71. The summed E-state index contributed by atoms with van der Waals surface area (Å²) < 4.78 is 1.52. The van der Waals surface area contributed by atoms with Crippen LogP contribution in [-0.4, -0.2) is 21.5 Å². The molecular weight excluding hydrogens is 306 g/mol. The topological polar surface area (TPSA) is 114 Å². The Hall–Kier alpha value is -3.14. The van der Waals surface area contributed by atoms with E-state index in [-0.39, 0.29) is 29.7 Å². The molecule has 122 valence electrons. The molecule has 2 unspecified atom stereocenters. The van der Waals surface area contributed by atoms with Crippen LogP contribution in [0.1, 0.15) is 35.7 Å². The third-order valence-electron chi connectivity index (χ3n) is 4.18. The number of ketones is 1. The number of hydrogen-bond donors (Lipinski definition) is 2. The summed E-state index contributed by atoms with van der Waals surface area (Å²) in [6.07, 6.45) is 2.67. The van der Waals surface area contributed by atoms with Gasteiger partial charge in [-0.05, 0) is 18.6 Å². The fourth-order valence-corrected chi connectivity index (χ4v) is 2.91. The van der Waals surface area contributed by atoms with Gasteiger partial charge in [-0.25, -0.2) is 0 Å². The molecule has 7 heteroatoms. The quantitative estimate of drug-likeness (QED) is 0.895. The van der Waals surface area contributed by atoms with Gasteiger partial charge in [0.05, 0.1) is 18.0 Å². The molecule has 24 heavy (non-hydrogen) atoms. The number of carbonyl (C=O) groups excluding carboxylic acids is 2. The number of carbonyl (C=O) groups is 2. The monoisotopic (exact) mass is 323 g/mol. The van der Waals surface area contributed by atoms with Gasteiger partial charge in [0.2, 0.25) is 0 Å². The number of para-hydroxylation sites is 1. The first-order valence-electron chi connectivity index (χ1n) is 7.71. The van der Waals surface area contributed by atoms with Crippen molar-refractivity contribution >= 4 is 23.2 Å². The predicted octanol–water partition coefficient (Wildman–Crippen LogP) is 2.16. The highest BCUT2D eigenvalue weighted by Crippen LogP contribution is 2.33. The number of aromatic nitrogens is 2. The first-order chi connectivity index (χ1) is 11.6. The van der Waals surface area contributed by atoms with E-state index < -0.39 is 5.91 Å². The zero-order valence-corrected chi connectivity index (χ0v) is 13.0. The second kappa shape index (κ2) is 6.54. The third kappa shape index (κ3) is 3.13.